The maximum absolute atomic E-state index is 3.38. The Morgan fingerprint density at radius 1 is 1.33 bits per heavy atom. The van der Waals surface area contributed by atoms with Crippen molar-refractivity contribution < 1.29 is 0 Å². The summed E-state index contributed by atoms with van der Waals surface area (Å²) in [4.78, 5) is 0. The third-order valence-corrected chi connectivity index (χ3v) is 6.75. The molecule has 0 radical (unpaired) electrons. The van der Waals surface area contributed by atoms with E-state index in [2.05, 4.69) is 24.3 Å². The van der Waals surface area contributed by atoms with Crippen LogP contribution in [-0.2, 0) is 0 Å². The number of hydrogen-bond acceptors (Lipinski definition) is 1. The normalized spacial score (nSPS) is 12.5. The fourth-order valence-corrected chi connectivity index (χ4v) is 0. The Kier molecular flexibility index (Phi) is 2.03. The van der Waals surface area contributed by atoms with Gasteiger partial charge in [-0.05, 0) is 0 Å². The van der Waals surface area contributed by atoms with Crippen molar-refractivity contribution in [1.29, 1.82) is 0 Å². The summed E-state index contributed by atoms with van der Waals surface area (Å²) in [7, 11) is 0.340. The van der Waals surface area contributed by atoms with Crippen molar-refractivity contribution in [3.63, 3.8) is 0 Å². The monoisotopic (exact) mass is 119 g/mol. The highest BCUT2D eigenvalue weighted by molar-refractivity contribution is 6.77. The van der Waals surface area contributed by atoms with E-state index in [-0.39, 0.29) is 0 Å². The molecule has 1 nitrogen and oxygen atoms in total. The Bertz CT molecular complexity index is 38.5. The van der Waals surface area contributed by atoms with Gasteiger partial charge < -0.3 is 4.65 Å². The third-order valence-electron chi connectivity index (χ3n) is 0.750. The molecule has 0 aliphatic carbocycles. The smallest absolute Gasteiger partial charge is 0.109 e. The van der Waals surface area contributed by atoms with Gasteiger partial charge >= 0.3 is 0 Å². The van der Waals surface area contributed by atoms with E-state index in [1.54, 1.807) is 0 Å². The Labute approximate surface area is 43.7 Å². The third kappa shape index (κ3) is 4.39. The lowest BCUT2D eigenvalue weighted by Gasteiger charge is -2.12. The van der Waals surface area contributed by atoms with E-state index in [0.717, 1.165) is 10.4 Å². The van der Waals surface area contributed by atoms with Crippen molar-refractivity contribution in [2.45, 2.75) is 19.6 Å². The van der Waals surface area contributed by atoms with Gasteiger partial charge in [0, 0.05) is 0 Å². The van der Waals surface area contributed by atoms with Crippen molar-refractivity contribution in [3.05, 3.63) is 0 Å². The van der Waals surface area contributed by atoms with Crippen LogP contribution < -0.4 is 4.65 Å². The summed E-state index contributed by atoms with van der Waals surface area (Å²) in [5.74, 6) is 0. The van der Waals surface area contributed by atoms with Crippen LogP contribution in [0.15, 0.2) is 0 Å². The quantitative estimate of drug-likeness (QED) is 0.467. The summed E-state index contributed by atoms with van der Waals surface area (Å²) >= 11 is 0. The molecule has 0 heterocycles. The Hall–Kier alpha value is 0.394. The molecule has 0 saturated heterocycles. The summed E-state index contributed by atoms with van der Waals surface area (Å²) in [6.45, 7) is 6.92. The van der Waals surface area contributed by atoms with Gasteiger partial charge in [0.15, 0.2) is 0 Å². The van der Waals surface area contributed by atoms with Gasteiger partial charge in [-0.25, -0.2) is 0 Å². The first kappa shape index (κ1) is 6.39. The highest BCUT2D eigenvalue weighted by Gasteiger charge is 2.05. The Morgan fingerprint density at radius 2 is 1.50 bits per heavy atom. The maximum Gasteiger partial charge on any atom is 0.109 e. The molecule has 0 unspecified atom stereocenters. The van der Waals surface area contributed by atoms with Crippen LogP contribution in [0.3, 0.4) is 0 Å². The molecule has 0 bridgehead atoms. The maximum atomic E-state index is 3.38. The lowest BCUT2D eigenvalue weighted by Crippen LogP contribution is -2.38. The van der Waals surface area contributed by atoms with Crippen molar-refractivity contribution in [2.75, 3.05) is 0 Å². The molecule has 0 aromatic carbocycles. The minimum absolute atomic E-state index is 0.819. The van der Waals surface area contributed by atoms with E-state index in [1.807, 2.05) is 0 Å². The second-order valence-corrected chi connectivity index (χ2v) is 9.00. The predicted octanol–water partition coefficient (Wildman–Crippen LogP) is -0.309. The molecule has 0 aromatic heterocycles. The lowest BCUT2D eigenvalue weighted by atomic mass is 11.8. The van der Waals surface area contributed by atoms with E-state index in [0.29, 0.717) is 0 Å². The molecule has 0 aliphatic heterocycles. The predicted molar refractivity (Wildman–Crippen MR) is 36.4 cm³/mol. The zero-order valence-electron chi connectivity index (χ0n) is 5.00. The van der Waals surface area contributed by atoms with Gasteiger partial charge in [-0.15, -0.1) is 0 Å². The van der Waals surface area contributed by atoms with E-state index in [1.165, 1.54) is 0 Å². The van der Waals surface area contributed by atoms with Gasteiger partial charge in [-0.2, -0.15) is 0 Å². The summed E-state index contributed by atoms with van der Waals surface area (Å²) in [5.41, 5.74) is 0. The van der Waals surface area contributed by atoms with Crippen LogP contribution in [0.4, 0.5) is 0 Å². The zero-order chi connectivity index (χ0) is 5.21. The van der Waals surface area contributed by atoms with E-state index < -0.39 is 8.24 Å². The minimum atomic E-state index is -0.819. The van der Waals surface area contributed by atoms with Gasteiger partial charge in [-0.1, -0.05) is 19.6 Å². The summed E-state index contributed by atoms with van der Waals surface area (Å²) in [5, 5.41) is 0. The largest absolute Gasteiger partial charge is 0.367 e. The van der Waals surface area contributed by atoms with E-state index >= 15 is 0 Å². The molecule has 6 heavy (non-hydrogen) atoms. The molecule has 0 fully saturated rings. The van der Waals surface area contributed by atoms with Crippen LogP contribution in [0.2, 0.25) is 19.6 Å². The molecular formula is C3H13NSi2. The second kappa shape index (κ2) is 1.90. The molecule has 0 spiro atoms. The van der Waals surface area contributed by atoms with Crippen molar-refractivity contribution in [1.82, 2.24) is 4.65 Å². The first-order valence-electron chi connectivity index (χ1n) is 2.25. The fourth-order valence-electron chi connectivity index (χ4n) is 0. The van der Waals surface area contributed by atoms with Gasteiger partial charge in [0.05, 0.1) is 10.4 Å². The molecule has 0 amide bonds. The molecule has 0 atom stereocenters. The first-order chi connectivity index (χ1) is 2.56. The highest BCUT2D eigenvalue weighted by Crippen LogP contribution is 1.88. The van der Waals surface area contributed by atoms with E-state index in [9.17, 15) is 0 Å². The number of hydrogen-bond donors (Lipinski definition) is 1. The van der Waals surface area contributed by atoms with Gasteiger partial charge in [0.1, 0.15) is 8.24 Å². The van der Waals surface area contributed by atoms with Crippen molar-refractivity contribution >= 4 is 18.6 Å². The molecule has 1 N–H and O–H groups in total. The van der Waals surface area contributed by atoms with Crippen LogP contribution in [0.25, 0.3) is 0 Å². The molecule has 0 saturated carbocycles. The van der Waals surface area contributed by atoms with Crippen molar-refractivity contribution in [2.24, 2.45) is 0 Å². The Balaban J connectivity index is 3.17. The zero-order valence-corrected chi connectivity index (χ0v) is 8.00. The lowest BCUT2D eigenvalue weighted by molar-refractivity contribution is 1.43. The fraction of sp³-hybridized carbons (Fsp3) is 1.00. The van der Waals surface area contributed by atoms with Crippen molar-refractivity contribution in [3.8, 4) is 0 Å². The first-order valence-corrected chi connectivity index (χ1v) is 6.75. The van der Waals surface area contributed by atoms with Gasteiger partial charge in [0.25, 0.3) is 0 Å². The summed E-state index contributed by atoms with van der Waals surface area (Å²) in [6.07, 6.45) is 0. The second-order valence-electron chi connectivity index (χ2n) is 2.50. The average Bonchev–Trinajstić information content (AvgIpc) is 1.35. The average molecular weight is 119 g/mol. The topological polar surface area (TPSA) is 12.0 Å². The van der Waals surface area contributed by atoms with Crippen LogP contribution in [0.1, 0.15) is 0 Å². The molecule has 3 heteroatoms. The van der Waals surface area contributed by atoms with Gasteiger partial charge in [-0.3, -0.25) is 0 Å². The van der Waals surface area contributed by atoms with Crippen LogP contribution in [-0.4, -0.2) is 18.6 Å². The van der Waals surface area contributed by atoms with Crippen LogP contribution in [0, 0.1) is 0 Å². The van der Waals surface area contributed by atoms with Crippen LogP contribution in [0.5, 0.6) is 0 Å². The molecule has 0 aliphatic rings. The highest BCUT2D eigenvalue weighted by atomic mass is 28.4. The molecule has 0 rings (SSSR count). The minimum Gasteiger partial charge on any atom is -0.367 e. The summed E-state index contributed by atoms with van der Waals surface area (Å²) < 4.78 is 3.38. The molecule has 38 valence electrons. The Morgan fingerprint density at radius 3 is 1.50 bits per heavy atom. The SMILES string of the molecule is C[Si](C)(C)N[SiH3]. The molecule has 0 aromatic rings. The molecular weight excluding hydrogens is 106 g/mol. The van der Waals surface area contributed by atoms with Crippen LogP contribution >= 0.6 is 0 Å². The standard InChI is InChI=1S/C3H13NSi2/c1-6(2,3)4-5/h4H,1-3,5H3. The summed E-state index contributed by atoms with van der Waals surface area (Å²) in [6, 6.07) is 0. The van der Waals surface area contributed by atoms with E-state index in [4.69, 9.17) is 0 Å². The number of rotatable bonds is 1. The van der Waals surface area contributed by atoms with Gasteiger partial charge in [0.2, 0.25) is 0 Å². The number of nitrogens with one attached hydrogen (secondary N) is 1.